The summed E-state index contributed by atoms with van der Waals surface area (Å²) in [6.07, 6.45) is 1.06. The second kappa shape index (κ2) is 5.44. The van der Waals surface area contributed by atoms with E-state index in [-0.39, 0.29) is 6.04 Å². The van der Waals surface area contributed by atoms with Crippen LogP contribution in [0.5, 0.6) is 0 Å². The van der Waals surface area contributed by atoms with E-state index in [1.165, 1.54) is 0 Å². The largest absolute Gasteiger partial charge is 0.327 e. The van der Waals surface area contributed by atoms with E-state index in [1.54, 1.807) is 16.4 Å². The van der Waals surface area contributed by atoms with Crippen LogP contribution in [0.1, 0.15) is 6.42 Å². The third kappa shape index (κ3) is 2.40. The van der Waals surface area contributed by atoms with Crippen molar-refractivity contribution < 1.29 is 8.42 Å². The molecule has 3 aliphatic rings. The first-order chi connectivity index (χ1) is 11.1. The Labute approximate surface area is 137 Å². The molecular formula is C18H20N2O2S. The third-order valence-corrected chi connectivity index (χ3v) is 7.05. The molecule has 2 aromatic carbocycles. The summed E-state index contributed by atoms with van der Waals surface area (Å²) in [5.41, 5.74) is 7.75. The third-order valence-electron chi connectivity index (χ3n) is 5.16. The lowest BCUT2D eigenvalue weighted by Crippen LogP contribution is -2.62. The number of piperidine rings is 2. The first kappa shape index (κ1) is 14.9. The van der Waals surface area contributed by atoms with Gasteiger partial charge in [0, 0.05) is 24.7 Å². The molecule has 2 N–H and O–H groups in total. The van der Waals surface area contributed by atoms with E-state index in [0.29, 0.717) is 29.8 Å². The van der Waals surface area contributed by atoms with Crippen molar-refractivity contribution in [2.75, 3.05) is 13.1 Å². The van der Waals surface area contributed by atoms with E-state index >= 15 is 0 Å². The van der Waals surface area contributed by atoms with E-state index in [4.69, 9.17) is 5.73 Å². The van der Waals surface area contributed by atoms with Crippen molar-refractivity contribution >= 4 is 10.0 Å². The minimum Gasteiger partial charge on any atom is -0.327 e. The molecule has 0 aromatic heterocycles. The Morgan fingerprint density at radius 2 is 1.52 bits per heavy atom. The first-order valence-corrected chi connectivity index (χ1v) is 9.41. The Hall–Kier alpha value is -1.69. The molecule has 2 bridgehead atoms. The van der Waals surface area contributed by atoms with Crippen molar-refractivity contribution in [2.45, 2.75) is 17.4 Å². The summed E-state index contributed by atoms with van der Waals surface area (Å²) in [6, 6.07) is 17.1. The van der Waals surface area contributed by atoms with Gasteiger partial charge in [-0.1, -0.05) is 48.5 Å². The highest BCUT2D eigenvalue weighted by Crippen LogP contribution is 2.41. The maximum Gasteiger partial charge on any atom is 0.243 e. The average Bonchev–Trinajstić information content (AvgIpc) is 2.62. The molecule has 2 unspecified atom stereocenters. The minimum atomic E-state index is -3.49. The van der Waals surface area contributed by atoms with Crippen LogP contribution in [0.3, 0.4) is 0 Å². The highest BCUT2D eigenvalue weighted by atomic mass is 32.2. The second-order valence-corrected chi connectivity index (χ2v) is 8.42. The van der Waals surface area contributed by atoms with E-state index in [2.05, 4.69) is 0 Å². The molecule has 5 rings (SSSR count). The number of hydrogen-bond acceptors (Lipinski definition) is 3. The fourth-order valence-corrected chi connectivity index (χ4v) is 5.53. The van der Waals surface area contributed by atoms with Gasteiger partial charge in [0.1, 0.15) is 0 Å². The molecule has 0 amide bonds. The summed E-state index contributed by atoms with van der Waals surface area (Å²) in [7, 11) is -3.49. The first-order valence-electron chi connectivity index (χ1n) is 7.97. The van der Waals surface area contributed by atoms with Crippen molar-refractivity contribution in [1.29, 1.82) is 0 Å². The fourth-order valence-electron chi connectivity index (χ4n) is 3.77. The lowest BCUT2D eigenvalue weighted by molar-refractivity contribution is 0.0457. The molecule has 3 fully saturated rings. The molecule has 0 radical (unpaired) electrons. The van der Waals surface area contributed by atoms with Crippen LogP contribution in [0.15, 0.2) is 59.5 Å². The van der Waals surface area contributed by atoms with Gasteiger partial charge in [-0.15, -0.1) is 0 Å². The highest BCUT2D eigenvalue weighted by Gasteiger charge is 2.48. The van der Waals surface area contributed by atoms with E-state index in [1.807, 2.05) is 42.5 Å². The topological polar surface area (TPSA) is 63.4 Å². The molecule has 4 nitrogen and oxygen atoms in total. The van der Waals surface area contributed by atoms with Gasteiger partial charge in [0.05, 0.1) is 4.90 Å². The molecule has 2 heterocycles. The van der Waals surface area contributed by atoms with Gasteiger partial charge < -0.3 is 5.73 Å². The highest BCUT2D eigenvalue weighted by molar-refractivity contribution is 7.89. The molecule has 0 spiro atoms. The number of nitrogens with zero attached hydrogens (tertiary/aromatic N) is 1. The molecule has 2 saturated heterocycles. The fraction of sp³-hybridized carbons (Fsp3) is 0.333. The molecule has 1 aliphatic carbocycles. The van der Waals surface area contributed by atoms with Gasteiger partial charge in [-0.25, -0.2) is 8.42 Å². The average molecular weight is 328 g/mol. The number of nitrogens with two attached hydrogens (primary N) is 1. The molecule has 1 saturated carbocycles. The molecule has 23 heavy (non-hydrogen) atoms. The Morgan fingerprint density at radius 3 is 2.17 bits per heavy atom. The SMILES string of the molecule is NC1C2CC1CN(S(=O)(=O)c1ccccc1-c1ccccc1)C2. The van der Waals surface area contributed by atoms with Crippen LogP contribution in [0.2, 0.25) is 0 Å². The summed E-state index contributed by atoms with van der Waals surface area (Å²) < 4.78 is 27.9. The van der Waals surface area contributed by atoms with Gasteiger partial charge in [-0.05, 0) is 29.9 Å². The Morgan fingerprint density at radius 1 is 0.913 bits per heavy atom. The maximum absolute atomic E-state index is 13.1. The molecule has 2 aliphatic heterocycles. The predicted octanol–water partition coefficient (Wildman–Crippen LogP) is 2.32. The number of fused-ring (bicyclic) bond motifs is 2. The Kier molecular flexibility index (Phi) is 3.52. The summed E-state index contributed by atoms with van der Waals surface area (Å²) in [5.74, 6) is 0.625. The van der Waals surface area contributed by atoms with Crippen LogP contribution in [-0.2, 0) is 10.0 Å². The Bertz CT molecular complexity index is 808. The normalized spacial score (nSPS) is 27.4. The van der Waals surface area contributed by atoms with Crippen LogP contribution in [0.25, 0.3) is 11.1 Å². The van der Waals surface area contributed by atoms with Crippen molar-refractivity contribution in [2.24, 2.45) is 17.6 Å². The maximum atomic E-state index is 13.1. The van der Waals surface area contributed by atoms with Crippen LogP contribution in [-0.4, -0.2) is 31.9 Å². The molecular weight excluding hydrogens is 308 g/mol. The summed E-state index contributed by atoms with van der Waals surface area (Å²) in [4.78, 5) is 0.390. The molecule has 120 valence electrons. The van der Waals surface area contributed by atoms with E-state index < -0.39 is 10.0 Å². The number of sulfonamides is 1. The predicted molar refractivity (Wildman–Crippen MR) is 90.2 cm³/mol. The summed E-state index contributed by atoms with van der Waals surface area (Å²) in [6.45, 7) is 1.09. The lowest BCUT2D eigenvalue weighted by Gasteiger charge is -2.51. The van der Waals surface area contributed by atoms with E-state index in [0.717, 1.165) is 17.5 Å². The van der Waals surface area contributed by atoms with Crippen molar-refractivity contribution in [1.82, 2.24) is 4.31 Å². The van der Waals surface area contributed by atoms with Crippen LogP contribution >= 0.6 is 0 Å². The minimum absolute atomic E-state index is 0.172. The number of benzene rings is 2. The molecule has 2 atom stereocenters. The monoisotopic (exact) mass is 328 g/mol. The van der Waals surface area contributed by atoms with Gasteiger partial charge in [-0.3, -0.25) is 0 Å². The zero-order chi connectivity index (χ0) is 16.0. The van der Waals surface area contributed by atoms with Gasteiger partial charge >= 0.3 is 0 Å². The van der Waals surface area contributed by atoms with E-state index in [9.17, 15) is 8.42 Å². The van der Waals surface area contributed by atoms with Gasteiger partial charge in [0.2, 0.25) is 10.0 Å². The molecule has 5 heteroatoms. The van der Waals surface area contributed by atoms with Crippen LogP contribution in [0.4, 0.5) is 0 Å². The summed E-state index contributed by atoms with van der Waals surface area (Å²) in [5, 5.41) is 0. The lowest BCUT2D eigenvalue weighted by atomic mass is 9.67. The summed E-state index contributed by atoms with van der Waals surface area (Å²) >= 11 is 0. The number of rotatable bonds is 3. The zero-order valence-electron chi connectivity index (χ0n) is 12.8. The zero-order valence-corrected chi connectivity index (χ0v) is 13.6. The smallest absolute Gasteiger partial charge is 0.243 e. The van der Waals surface area contributed by atoms with Gasteiger partial charge in [0.15, 0.2) is 0 Å². The van der Waals surface area contributed by atoms with Crippen molar-refractivity contribution in [3.8, 4) is 11.1 Å². The van der Waals surface area contributed by atoms with Crippen molar-refractivity contribution in [3.63, 3.8) is 0 Å². The van der Waals surface area contributed by atoms with Crippen LogP contribution < -0.4 is 5.73 Å². The van der Waals surface area contributed by atoms with Gasteiger partial charge in [-0.2, -0.15) is 4.31 Å². The Balaban J connectivity index is 1.73. The standard InChI is InChI=1S/C18H20N2O2S/c19-18-14-10-15(18)12-20(11-14)23(21,22)17-9-5-4-8-16(17)13-6-2-1-3-7-13/h1-9,14-15,18H,10-12,19H2. The van der Waals surface area contributed by atoms with Crippen molar-refractivity contribution in [3.05, 3.63) is 54.6 Å². The quantitative estimate of drug-likeness (QED) is 0.940. The second-order valence-electron chi connectivity index (χ2n) is 6.52. The van der Waals surface area contributed by atoms with Gasteiger partial charge in [0.25, 0.3) is 0 Å². The molecule has 2 aromatic rings. The van der Waals surface area contributed by atoms with Crippen LogP contribution in [0, 0.1) is 11.8 Å². The number of hydrogen-bond donors (Lipinski definition) is 1.